The van der Waals surface area contributed by atoms with Gasteiger partial charge in [0.25, 0.3) is 0 Å². The fraction of sp³-hybridized carbons (Fsp3) is 0.400. The Bertz CT molecular complexity index is 334. The molecule has 2 rings (SSSR count). The number of rotatable bonds is 2. The quantitative estimate of drug-likeness (QED) is 0.848. The van der Waals surface area contributed by atoms with Crippen molar-refractivity contribution in [3.63, 3.8) is 0 Å². The molecule has 1 fully saturated rings. The Labute approximate surface area is 91.6 Å². The summed E-state index contributed by atoms with van der Waals surface area (Å²) in [5, 5.41) is 4.25. The van der Waals surface area contributed by atoms with Crippen LogP contribution >= 0.6 is 27.5 Å². The van der Waals surface area contributed by atoms with Crippen LogP contribution in [0.1, 0.15) is 18.4 Å². The number of hydrogen-bond donors (Lipinski definition) is 1. The van der Waals surface area contributed by atoms with E-state index in [1.165, 1.54) is 12.8 Å². The highest BCUT2D eigenvalue weighted by molar-refractivity contribution is 9.10. The van der Waals surface area contributed by atoms with Gasteiger partial charge in [-0.25, -0.2) is 0 Å². The van der Waals surface area contributed by atoms with Gasteiger partial charge in [-0.2, -0.15) is 0 Å². The lowest BCUT2D eigenvalue weighted by atomic mass is 10.2. The number of nitrogens with one attached hydrogen (secondary N) is 1. The van der Waals surface area contributed by atoms with E-state index in [0.717, 1.165) is 20.7 Å². The smallest absolute Gasteiger partial charge is 0.0501 e. The molecule has 1 saturated carbocycles. The first kappa shape index (κ1) is 9.35. The van der Waals surface area contributed by atoms with Gasteiger partial charge in [0.1, 0.15) is 0 Å². The van der Waals surface area contributed by atoms with Gasteiger partial charge < -0.3 is 5.32 Å². The Balaban J connectivity index is 2.27. The highest BCUT2D eigenvalue weighted by Crippen LogP contribution is 2.33. The van der Waals surface area contributed by atoms with Crippen LogP contribution in [0, 0.1) is 6.92 Å². The summed E-state index contributed by atoms with van der Waals surface area (Å²) >= 11 is 9.55. The molecule has 0 aromatic heterocycles. The molecule has 0 unspecified atom stereocenters. The van der Waals surface area contributed by atoms with Gasteiger partial charge in [0.05, 0.1) is 5.69 Å². The average Bonchev–Trinajstić information content (AvgIpc) is 2.84. The third-order valence-corrected chi connectivity index (χ3v) is 3.25. The van der Waals surface area contributed by atoms with Crippen molar-refractivity contribution in [2.75, 3.05) is 5.32 Å². The van der Waals surface area contributed by atoms with Crippen molar-refractivity contribution in [3.05, 3.63) is 27.2 Å². The summed E-state index contributed by atoms with van der Waals surface area (Å²) in [7, 11) is 0. The molecule has 70 valence electrons. The zero-order valence-corrected chi connectivity index (χ0v) is 9.74. The molecule has 1 aromatic rings. The third kappa shape index (κ3) is 2.18. The molecule has 1 nitrogen and oxygen atoms in total. The molecule has 3 heteroatoms. The monoisotopic (exact) mass is 259 g/mol. The second-order valence-corrected chi connectivity index (χ2v) is 4.76. The second kappa shape index (κ2) is 3.50. The molecule has 1 aliphatic carbocycles. The van der Waals surface area contributed by atoms with E-state index in [-0.39, 0.29) is 0 Å². The molecule has 0 radical (unpaired) electrons. The van der Waals surface area contributed by atoms with E-state index in [1.54, 1.807) is 0 Å². The minimum atomic E-state index is 0.662. The van der Waals surface area contributed by atoms with Crippen LogP contribution in [0.2, 0.25) is 5.02 Å². The van der Waals surface area contributed by atoms with Crippen molar-refractivity contribution < 1.29 is 0 Å². The number of aryl methyl sites for hydroxylation is 1. The molecule has 0 bridgehead atoms. The van der Waals surface area contributed by atoms with E-state index in [4.69, 9.17) is 11.6 Å². The lowest BCUT2D eigenvalue weighted by molar-refractivity contribution is 1.15. The normalized spacial score (nSPS) is 15.9. The summed E-state index contributed by atoms with van der Waals surface area (Å²) in [5.74, 6) is 0. The molecule has 13 heavy (non-hydrogen) atoms. The van der Waals surface area contributed by atoms with Crippen LogP contribution in [0.25, 0.3) is 0 Å². The first-order valence-corrected chi connectivity index (χ1v) is 5.56. The summed E-state index contributed by atoms with van der Waals surface area (Å²) in [4.78, 5) is 0. The number of benzene rings is 1. The van der Waals surface area contributed by atoms with Crippen molar-refractivity contribution >= 4 is 33.2 Å². The lowest BCUT2D eigenvalue weighted by Gasteiger charge is -2.09. The molecular weight excluding hydrogens is 249 g/mol. The molecule has 0 atom stereocenters. The number of hydrogen-bond acceptors (Lipinski definition) is 1. The molecule has 1 aliphatic rings. The van der Waals surface area contributed by atoms with Crippen LogP contribution in [0.4, 0.5) is 5.69 Å². The molecule has 1 aromatic carbocycles. The minimum absolute atomic E-state index is 0.662. The van der Waals surface area contributed by atoms with Crippen molar-refractivity contribution in [1.29, 1.82) is 0 Å². The fourth-order valence-corrected chi connectivity index (χ4v) is 1.94. The van der Waals surface area contributed by atoms with Crippen LogP contribution in [0.5, 0.6) is 0 Å². The maximum atomic E-state index is 6.03. The van der Waals surface area contributed by atoms with Crippen LogP contribution in [-0.2, 0) is 0 Å². The predicted octanol–water partition coefficient (Wildman–Crippen LogP) is 3.99. The Hall–Kier alpha value is -0.210. The highest BCUT2D eigenvalue weighted by atomic mass is 79.9. The van der Waals surface area contributed by atoms with Gasteiger partial charge in [-0.15, -0.1) is 0 Å². The van der Waals surface area contributed by atoms with Gasteiger partial charge in [0, 0.05) is 15.5 Å². The lowest BCUT2D eigenvalue weighted by Crippen LogP contribution is -2.01. The molecule has 1 N–H and O–H groups in total. The van der Waals surface area contributed by atoms with Gasteiger partial charge in [-0.1, -0.05) is 11.6 Å². The summed E-state index contributed by atoms with van der Waals surface area (Å²) in [6.45, 7) is 2.01. The third-order valence-electron chi connectivity index (χ3n) is 2.19. The van der Waals surface area contributed by atoms with Crippen LogP contribution in [-0.4, -0.2) is 6.04 Å². The topological polar surface area (TPSA) is 12.0 Å². The Morgan fingerprint density at radius 2 is 2.15 bits per heavy atom. The van der Waals surface area contributed by atoms with E-state index in [9.17, 15) is 0 Å². The Kier molecular flexibility index (Phi) is 2.52. The van der Waals surface area contributed by atoms with Crippen LogP contribution in [0.3, 0.4) is 0 Å². The average molecular weight is 261 g/mol. The van der Waals surface area contributed by atoms with E-state index < -0.39 is 0 Å². The van der Waals surface area contributed by atoms with Crippen molar-refractivity contribution in [2.45, 2.75) is 25.8 Å². The van der Waals surface area contributed by atoms with Gasteiger partial charge >= 0.3 is 0 Å². The van der Waals surface area contributed by atoms with E-state index in [0.29, 0.717) is 6.04 Å². The van der Waals surface area contributed by atoms with Gasteiger partial charge in [-0.3, -0.25) is 0 Å². The number of halogens is 2. The standard InChI is InChI=1S/C10H11BrClN/c1-6-4-8(11)10(5-9(6)12)13-7-2-3-7/h4-5,7,13H,2-3H2,1H3. The zero-order valence-electron chi connectivity index (χ0n) is 7.40. The number of anilines is 1. The van der Waals surface area contributed by atoms with Crippen molar-refractivity contribution in [1.82, 2.24) is 0 Å². The van der Waals surface area contributed by atoms with Crippen LogP contribution in [0.15, 0.2) is 16.6 Å². The Morgan fingerprint density at radius 1 is 1.46 bits per heavy atom. The SMILES string of the molecule is Cc1cc(Br)c(NC2CC2)cc1Cl. The maximum absolute atomic E-state index is 6.03. The second-order valence-electron chi connectivity index (χ2n) is 3.50. The fourth-order valence-electron chi connectivity index (χ4n) is 1.20. The van der Waals surface area contributed by atoms with Gasteiger partial charge in [0.2, 0.25) is 0 Å². The highest BCUT2D eigenvalue weighted by Gasteiger charge is 2.21. The maximum Gasteiger partial charge on any atom is 0.0501 e. The summed E-state index contributed by atoms with van der Waals surface area (Å²) in [5.41, 5.74) is 2.22. The van der Waals surface area contributed by atoms with Crippen molar-refractivity contribution in [2.24, 2.45) is 0 Å². The van der Waals surface area contributed by atoms with Crippen LogP contribution < -0.4 is 5.32 Å². The van der Waals surface area contributed by atoms with Gasteiger partial charge in [0.15, 0.2) is 0 Å². The first-order valence-electron chi connectivity index (χ1n) is 4.39. The molecule has 0 heterocycles. The molecular formula is C10H11BrClN. The first-order chi connectivity index (χ1) is 6.16. The summed E-state index contributed by atoms with van der Waals surface area (Å²) < 4.78 is 1.10. The van der Waals surface area contributed by atoms with E-state index in [2.05, 4.69) is 21.2 Å². The molecule has 0 saturated heterocycles. The molecule has 0 amide bonds. The summed E-state index contributed by atoms with van der Waals surface area (Å²) in [6.07, 6.45) is 2.55. The molecule has 0 aliphatic heterocycles. The Morgan fingerprint density at radius 3 is 2.77 bits per heavy atom. The summed E-state index contributed by atoms with van der Waals surface area (Å²) in [6, 6.07) is 4.70. The van der Waals surface area contributed by atoms with Gasteiger partial charge in [-0.05, 0) is 53.4 Å². The zero-order chi connectivity index (χ0) is 9.42. The van der Waals surface area contributed by atoms with Crippen molar-refractivity contribution in [3.8, 4) is 0 Å². The van der Waals surface area contributed by atoms with E-state index in [1.807, 2.05) is 19.1 Å². The predicted molar refractivity (Wildman–Crippen MR) is 60.5 cm³/mol. The largest absolute Gasteiger partial charge is 0.381 e. The molecule has 0 spiro atoms. The minimum Gasteiger partial charge on any atom is -0.381 e. The van der Waals surface area contributed by atoms with E-state index >= 15 is 0 Å².